The lowest BCUT2D eigenvalue weighted by atomic mass is 10.2. The highest BCUT2D eigenvalue weighted by Crippen LogP contribution is 2.56. The van der Waals surface area contributed by atoms with Crippen molar-refractivity contribution in [1.82, 2.24) is 34.4 Å². The quantitative estimate of drug-likeness (QED) is 0.0929. The van der Waals surface area contributed by atoms with Gasteiger partial charge in [0, 0.05) is 65.2 Å². The van der Waals surface area contributed by atoms with Crippen LogP contribution in [0, 0.1) is 0 Å². The number of ether oxygens (including phenoxy) is 1. The third kappa shape index (κ3) is 9.34. The predicted molar refractivity (Wildman–Crippen MR) is 200 cm³/mol. The molecule has 7 heterocycles. The van der Waals surface area contributed by atoms with Crippen LogP contribution in [-0.4, -0.2) is 67.8 Å². The van der Waals surface area contributed by atoms with E-state index in [1.807, 2.05) is 60.7 Å². The smallest absolute Gasteiger partial charge is 0.414 e. The van der Waals surface area contributed by atoms with Crippen LogP contribution in [-0.2, 0) is 28.8 Å². The molecule has 3 N–H and O–H groups in total. The Morgan fingerprint density at radius 3 is 1.67 bits per heavy atom. The molecule has 0 spiro atoms. The predicted octanol–water partition coefficient (Wildman–Crippen LogP) is 7.42. The summed E-state index contributed by atoms with van der Waals surface area (Å²) < 4.78 is 21.3. The first-order chi connectivity index (χ1) is 24.9. The molecule has 0 unspecified atom stereocenters. The molecule has 258 valence electrons. The highest BCUT2D eigenvalue weighted by molar-refractivity contribution is 7.58. The van der Waals surface area contributed by atoms with Crippen LogP contribution in [0.4, 0.5) is 4.79 Å². The van der Waals surface area contributed by atoms with Gasteiger partial charge >= 0.3 is 13.7 Å². The van der Waals surface area contributed by atoms with E-state index < -0.39 is 13.7 Å². The van der Waals surface area contributed by atoms with Gasteiger partial charge in [0.25, 0.3) is 0 Å². The lowest BCUT2D eigenvalue weighted by molar-refractivity contribution is 0.112. The third-order valence-corrected chi connectivity index (χ3v) is 11.1. The summed E-state index contributed by atoms with van der Waals surface area (Å²) in [5, 5.41) is 2.53. The number of aromatic nitrogens is 4. The van der Waals surface area contributed by atoms with Gasteiger partial charge < -0.3 is 14.7 Å². The van der Waals surface area contributed by atoms with Crippen molar-refractivity contribution in [2.24, 2.45) is 0 Å². The van der Waals surface area contributed by atoms with Crippen molar-refractivity contribution >= 4 is 54.2 Å². The number of hydrogen-bond donors (Lipinski definition) is 3. The molecule has 5 aromatic rings. The number of aldehydes is 1. The number of H-pyrrole nitrogens is 2. The number of nitrogens with zero attached hydrogens (tertiary/aromatic N) is 4. The number of carbonyl (C=O) groups is 2. The fraction of sp³-hybridized carbons (Fsp3) is 0.179. The second kappa shape index (κ2) is 15.5. The summed E-state index contributed by atoms with van der Waals surface area (Å²) in [7, 11) is -2.88. The Balaban J connectivity index is 0.000000134. The number of nitrogens with one attached hydrogen (secondary N) is 3. The molecule has 8 bridgehead atoms. The Morgan fingerprint density at radius 1 is 0.706 bits per heavy atom. The molecule has 4 aliphatic heterocycles. The Hall–Kier alpha value is -5.61. The number of fused-ring (bicyclic) bond motifs is 8. The van der Waals surface area contributed by atoms with Crippen molar-refractivity contribution in [2.75, 3.05) is 26.2 Å². The molecule has 0 saturated carbocycles. The summed E-state index contributed by atoms with van der Waals surface area (Å²) in [6.07, 6.45) is 6.25. The van der Waals surface area contributed by atoms with Crippen molar-refractivity contribution in [1.29, 1.82) is 0 Å². The fourth-order valence-corrected chi connectivity index (χ4v) is 7.75. The fourth-order valence-electron chi connectivity index (χ4n) is 5.55. The SMILES string of the molecule is C1=Cc2cc3ccc(cc4nc(cc5ccc(cc1n2)[nH]5)CC4)[nH]3.O=C(NP(=O)(N1CC1)N1CC1)OCc1ccccc1.O=Cc1ccccc1. The number of rotatable bonds is 6. The highest BCUT2D eigenvalue weighted by Gasteiger charge is 2.49. The number of hydrogen-bond acceptors (Lipinski definition) is 6. The van der Waals surface area contributed by atoms with Crippen LogP contribution in [0.15, 0.2) is 109 Å². The molecule has 2 fully saturated rings. The second-order valence-corrected chi connectivity index (χ2v) is 14.8. The lowest BCUT2D eigenvalue weighted by Crippen LogP contribution is -2.27. The van der Waals surface area contributed by atoms with E-state index >= 15 is 0 Å². The summed E-state index contributed by atoms with van der Waals surface area (Å²) in [5.41, 5.74) is 10.0. The van der Waals surface area contributed by atoms with Crippen LogP contribution in [0.1, 0.15) is 38.7 Å². The number of aryl methyl sites for hydroxylation is 2. The van der Waals surface area contributed by atoms with E-state index in [0.717, 1.165) is 101 Å². The average Bonchev–Trinajstić information content (AvgIpc) is 4.02. The van der Waals surface area contributed by atoms with Crippen LogP contribution >= 0.6 is 7.59 Å². The second-order valence-electron chi connectivity index (χ2n) is 12.4. The zero-order valence-electron chi connectivity index (χ0n) is 27.9. The van der Waals surface area contributed by atoms with E-state index in [1.54, 1.807) is 21.5 Å². The first kappa shape index (κ1) is 33.9. The van der Waals surface area contributed by atoms with E-state index in [-0.39, 0.29) is 6.61 Å². The van der Waals surface area contributed by atoms with Crippen LogP contribution in [0.25, 0.3) is 34.2 Å². The van der Waals surface area contributed by atoms with Gasteiger partial charge in [0.2, 0.25) is 0 Å². The first-order valence-electron chi connectivity index (χ1n) is 16.9. The summed E-state index contributed by atoms with van der Waals surface area (Å²) in [4.78, 5) is 38.0. The molecule has 0 atom stereocenters. The topological polar surface area (TPSA) is 136 Å². The summed E-state index contributed by atoms with van der Waals surface area (Å²) in [5.74, 6) is 0. The maximum Gasteiger partial charge on any atom is 0.414 e. The van der Waals surface area contributed by atoms with Crippen molar-refractivity contribution in [3.8, 4) is 0 Å². The van der Waals surface area contributed by atoms with Gasteiger partial charge in [-0.05, 0) is 79.1 Å². The van der Waals surface area contributed by atoms with E-state index in [9.17, 15) is 14.2 Å². The number of carbonyl (C=O) groups excluding carboxylic acids is 2. The zero-order chi connectivity index (χ0) is 35.0. The number of amides is 1. The molecule has 0 radical (unpaired) electrons. The molecular formula is C39H38N7O4P. The number of aromatic amines is 2. The Labute approximate surface area is 295 Å². The summed E-state index contributed by atoms with van der Waals surface area (Å²) in [6.45, 7) is 3.27. The van der Waals surface area contributed by atoms with Gasteiger partial charge in [0.15, 0.2) is 0 Å². The molecule has 1 amide bonds. The summed E-state index contributed by atoms with van der Waals surface area (Å²) >= 11 is 0. The molecule has 3 aromatic heterocycles. The van der Waals surface area contributed by atoms with Crippen molar-refractivity contribution < 1.29 is 18.9 Å². The van der Waals surface area contributed by atoms with Crippen LogP contribution < -0.4 is 5.09 Å². The average molecular weight is 700 g/mol. The molecule has 0 aliphatic carbocycles. The molecule has 9 rings (SSSR count). The van der Waals surface area contributed by atoms with E-state index in [4.69, 9.17) is 9.72 Å². The van der Waals surface area contributed by atoms with Gasteiger partial charge in [-0.15, -0.1) is 0 Å². The standard InChI is InChI=1S/C20H16N4.C12H16N3O3P.C7H6O/c1-2-14-10-16-5-6-18(23-16)12-20-8-7-19(24-20)11-17-4-3-15(22-17)9-13(1)21-14;16-12(18-10-11-4-2-1-3-5-11)13-19(17,14-6-7-14)15-8-9-15;8-6-7-4-2-1-3-5-7/h1-6,9-12,22-23H,7-8H2;1-5H,6-10H2,(H,13,16,17);1-6H. The molecule has 2 saturated heterocycles. The molecule has 12 heteroatoms. The van der Waals surface area contributed by atoms with Gasteiger partial charge in [0.05, 0.1) is 11.4 Å². The van der Waals surface area contributed by atoms with E-state index in [1.165, 1.54) is 0 Å². The van der Waals surface area contributed by atoms with E-state index in [2.05, 4.69) is 68.6 Å². The molecule has 11 nitrogen and oxygen atoms in total. The normalized spacial score (nSPS) is 14.7. The van der Waals surface area contributed by atoms with Gasteiger partial charge in [-0.2, -0.15) is 0 Å². The van der Waals surface area contributed by atoms with Crippen LogP contribution in [0.5, 0.6) is 0 Å². The van der Waals surface area contributed by atoms with E-state index in [0.29, 0.717) is 0 Å². The molecule has 51 heavy (non-hydrogen) atoms. The zero-order valence-corrected chi connectivity index (χ0v) is 28.8. The van der Waals surface area contributed by atoms with Gasteiger partial charge in [-0.3, -0.25) is 14.3 Å². The summed E-state index contributed by atoms with van der Waals surface area (Å²) in [6, 6.07) is 35.2. The molecule has 2 aromatic carbocycles. The van der Waals surface area contributed by atoms with Crippen molar-refractivity contribution in [3.05, 3.63) is 143 Å². The number of benzene rings is 2. The Kier molecular flexibility index (Phi) is 10.3. The van der Waals surface area contributed by atoms with Crippen LogP contribution in [0.3, 0.4) is 0 Å². The minimum atomic E-state index is -2.88. The molecular weight excluding hydrogens is 661 g/mol. The van der Waals surface area contributed by atoms with Crippen molar-refractivity contribution in [2.45, 2.75) is 19.4 Å². The largest absolute Gasteiger partial charge is 0.444 e. The maximum atomic E-state index is 12.6. The lowest BCUT2D eigenvalue weighted by Gasteiger charge is -2.20. The minimum absolute atomic E-state index is 0.187. The first-order valence-corrected chi connectivity index (χ1v) is 18.5. The third-order valence-electron chi connectivity index (χ3n) is 8.32. The Morgan fingerprint density at radius 2 is 1.20 bits per heavy atom. The Bertz CT molecular complexity index is 2140. The highest BCUT2D eigenvalue weighted by atomic mass is 31.2. The maximum absolute atomic E-state index is 12.6. The van der Waals surface area contributed by atoms with Crippen molar-refractivity contribution in [3.63, 3.8) is 0 Å². The monoisotopic (exact) mass is 699 g/mol. The van der Waals surface area contributed by atoms with Gasteiger partial charge in [-0.1, -0.05) is 60.7 Å². The van der Waals surface area contributed by atoms with Gasteiger partial charge in [0.1, 0.15) is 12.9 Å². The molecule has 4 aliphatic rings. The van der Waals surface area contributed by atoms with Crippen LogP contribution in [0.2, 0.25) is 0 Å². The van der Waals surface area contributed by atoms with Gasteiger partial charge in [-0.25, -0.2) is 24.2 Å². The minimum Gasteiger partial charge on any atom is -0.444 e.